The van der Waals surface area contributed by atoms with Gasteiger partial charge in [-0.05, 0) is 44.2 Å². The van der Waals surface area contributed by atoms with E-state index < -0.39 is 0 Å². The molecule has 3 N–H and O–H groups in total. The fraction of sp³-hybridized carbons (Fsp3) is 0.619. The van der Waals surface area contributed by atoms with Crippen molar-refractivity contribution in [3.8, 4) is 5.75 Å². The van der Waals surface area contributed by atoms with E-state index in [2.05, 4.69) is 46.1 Å². The molecule has 0 bridgehead atoms. The molecule has 150 valence electrons. The quantitative estimate of drug-likeness (QED) is 0.334. The van der Waals surface area contributed by atoms with Crippen molar-refractivity contribution in [1.82, 2.24) is 16.0 Å². The monoisotopic (exact) mass is 374 g/mol. The number of ether oxygens (including phenoxy) is 1. The maximum Gasteiger partial charge on any atom is 0.222 e. The Kier molecular flexibility index (Phi) is 8.43. The van der Waals surface area contributed by atoms with Gasteiger partial charge < -0.3 is 20.7 Å². The van der Waals surface area contributed by atoms with Crippen LogP contribution in [0.25, 0.3) is 0 Å². The van der Waals surface area contributed by atoms with Gasteiger partial charge in [0.15, 0.2) is 5.96 Å². The van der Waals surface area contributed by atoms with Crippen LogP contribution in [0.5, 0.6) is 5.75 Å². The Bertz CT molecular complexity index is 639. The van der Waals surface area contributed by atoms with E-state index in [4.69, 9.17) is 4.74 Å². The Morgan fingerprint density at radius 1 is 1.22 bits per heavy atom. The molecule has 1 aliphatic rings. The average molecular weight is 375 g/mol. The van der Waals surface area contributed by atoms with Crippen LogP contribution in [-0.4, -0.2) is 38.1 Å². The summed E-state index contributed by atoms with van der Waals surface area (Å²) in [6.07, 6.45) is 2.56. The predicted molar refractivity (Wildman–Crippen MR) is 110 cm³/mol. The van der Waals surface area contributed by atoms with Gasteiger partial charge in [-0.15, -0.1) is 0 Å². The number of aryl methyl sites for hydroxylation is 1. The van der Waals surface area contributed by atoms with Crippen LogP contribution >= 0.6 is 0 Å². The van der Waals surface area contributed by atoms with Gasteiger partial charge in [0.25, 0.3) is 0 Å². The van der Waals surface area contributed by atoms with Crippen molar-refractivity contribution in [2.45, 2.75) is 47.1 Å². The molecule has 2 rings (SSSR count). The molecule has 0 unspecified atom stereocenters. The number of nitrogens with zero attached hydrogens (tertiary/aromatic N) is 1. The van der Waals surface area contributed by atoms with Crippen LogP contribution in [0.4, 0.5) is 0 Å². The van der Waals surface area contributed by atoms with E-state index in [-0.39, 0.29) is 11.8 Å². The minimum Gasteiger partial charge on any atom is -0.493 e. The molecule has 6 heteroatoms. The Morgan fingerprint density at radius 2 is 1.96 bits per heavy atom. The van der Waals surface area contributed by atoms with Crippen LogP contribution in [-0.2, 0) is 11.3 Å². The SMILES string of the molecule is CCNC(=NCc1ccc(C)cc1OCC1CC1)NCCNC(=O)C(C)C. The number of amides is 1. The van der Waals surface area contributed by atoms with Crippen LogP contribution in [0.1, 0.15) is 44.7 Å². The molecule has 0 heterocycles. The summed E-state index contributed by atoms with van der Waals surface area (Å²) < 4.78 is 6.02. The van der Waals surface area contributed by atoms with Crippen molar-refractivity contribution >= 4 is 11.9 Å². The van der Waals surface area contributed by atoms with Gasteiger partial charge in [0.1, 0.15) is 5.75 Å². The summed E-state index contributed by atoms with van der Waals surface area (Å²) in [5, 5.41) is 9.40. The molecule has 0 spiro atoms. The molecule has 0 radical (unpaired) electrons. The predicted octanol–water partition coefficient (Wildman–Crippen LogP) is 2.61. The maximum atomic E-state index is 11.6. The molecule has 1 aliphatic carbocycles. The minimum atomic E-state index is 0.00232. The molecular weight excluding hydrogens is 340 g/mol. The molecule has 1 fully saturated rings. The molecule has 1 aromatic carbocycles. The Balaban J connectivity index is 1.89. The fourth-order valence-electron chi connectivity index (χ4n) is 2.50. The highest BCUT2D eigenvalue weighted by Gasteiger charge is 2.22. The van der Waals surface area contributed by atoms with Gasteiger partial charge in [0.2, 0.25) is 5.91 Å². The van der Waals surface area contributed by atoms with Crippen LogP contribution in [0.3, 0.4) is 0 Å². The lowest BCUT2D eigenvalue weighted by molar-refractivity contribution is -0.123. The van der Waals surface area contributed by atoms with E-state index in [1.807, 2.05) is 20.8 Å². The average Bonchev–Trinajstić information content (AvgIpc) is 3.46. The number of carbonyl (C=O) groups excluding carboxylic acids is 1. The molecule has 1 aromatic rings. The van der Waals surface area contributed by atoms with Crippen molar-refractivity contribution < 1.29 is 9.53 Å². The number of hydrogen-bond donors (Lipinski definition) is 3. The van der Waals surface area contributed by atoms with Crippen LogP contribution in [0.2, 0.25) is 0 Å². The standard InChI is InChI=1S/C21H34N4O2/c1-5-22-21(24-11-10-23-20(26)15(2)3)25-13-18-9-6-16(4)12-19(18)27-14-17-7-8-17/h6,9,12,15,17H,5,7-8,10-11,13-14H2,1-4H3,(H,23,26)(H2,22,24,25). The summed E-state index contributed by atoms with van der Waals surface area (Å²) >= 11 is 0. The van der Waals surface area contributed by atoms with Crippen molar-refractivity contribution in [3.63, 3.8) is 0 Å². The molecule has 0 atom stereocenters. The van der Waals surface area contributed by atoms with Crippen molar-refractivity contribution in [1.29, 1.82) is 0 Å². The summed E-state index contributed by atoms with van der Waals surface area (Å²) in [6.45, 7) is 11.2. The fourth-order valence-corrected chi connectivity index (χ4v) is 2.50. The topological polar surface area (TPSA) is 74.8 Å². The third-order valence-corrected chi connectivity index (χ3v) is 4.39. The van der Waals surface area contributed by atoms with Crippen LogP contribution < -0.4 is 20.7 Å². The van der Waals surface area contributed by atoms with E-state index in [1.54, 1.807) is 0 Å². The zero-order valence-corrected chi connectivity index (χ0v) is 17.1. The first-order chi connectivity index (χ1) is 13.0. The number of nitrogens with one attached hydrogen (secondary N) is 3. The van der Waals surface area contributed by atoms with Crippen molar-refractivity contribution in [2.24, 2.45) is 16.8 Å². The third kappa shape index (κ3) is 7.89. The second kappa shape index (κ2) is 10.8. The number of rotatable bonds is 10. The number of aliphatic imine (C=N–C) groups is 1. The Morgan fingerprint density at radius 3 is 2.63 bits per heavy atom. The smallest absolute Gasteiger partial charge is 0.222 e. The number of guanidine groups is 1. The zero-order chi connectivity index (χ0) is 19.6. The largest absolute Gasteiger partial charge is 0.493 e. The summed E-state index contributed by atoms with van der Waals surface area (Å²) in [6, 6.07) is 6.28. The lowest BCUT2D eigenvalue weighted by atomic mass is 10.1. The van der Waals surface area contributed by atoms with Gasteiger partial charge in [-0.2, -0.15) is 0 Å². The number of benzene rings is 1. The second-order valence-corrected chi connectivity index (χ2v) is 7.43. The molecular formula is C21H34N4O2. The highest BCUT2D eigenvalue weighted by Crippen LogP contribution is 2.30. The summed E-state index contributed by atoms with van der Waals surface area (Å²) in [7, 11) is 0. The van der Waals surface area contributed by atoms with Gasteiger partial charge in [-0.1, -0.05) is 26.0 Å². The summed E-state index contributed by atoms with van der Waals surface area (Å²) in [4.78, 5) is 16.3. The van der Waals surface area contributed by atoms with Gasteiger partial charge in [-0.3, -0.25) is 4.79 Å². The van der Waals surface area contributed by atoms with E-state index >= 15 is 0 Å². The molecule has 0 aliphatic heterocycles. The molecule has 0 aromatic heterocycles. The van der Waals surface area contributed by atoms with E-state index in [9.17, 15) is 4.79 Å². The molecule has 1 amide bonds. The minimum absolute atomic E-state index is 0.00232. The molecule has 0 saturated heterocycles. The molecule has 6 nitrogen and oxygen atoms in total. The first kappa shape index (κ1) is 21.1. The molecule has 1 saturated carbocycles. The first-order valence-electron chi connectivity index (χ1n) is 10.0. The van der Waals surface area contributed by atoms with E-state index in [1.165, 1.54) is 18.4 Å². The summed E-state index contributed by atoms with van der Waals surface area (Å²) in [5.41, 5.74) is 2.28. The van der Waals surface area contributed by atoms with Gasteiger partial charge >= 0.3 is 0 Å². The second-order valence-electron chi connectivity index (χ2n) is 7.43. The highest BCUT2D eigenvalue weighted by atomic mass is 16.5. The normalized spacial score (nSPS) is 14.2. The van der Waals surface area contributed by atoms with Gasteiger partial charge in [0.05, 0.1) is 13.2 Å². The van der Waals surface area contributed by atoms with Crippen LogP contribution in [0.15, 0.2) is 23.2 Å². The van der Waals surface area contributed by atoms with Gasteiger partial charge in [-0.25, -0.2) is 4.99 Å². The lowest BCUT2D eigenvalue weighted by Crippen LogP contribution is -2.42. The van der Waals surface area contributed by atoms with E-state index in [0.717, 1.165) is 36.3 Å². The Labute approximate surface area is 163 Å². The lowest BCUT2D eigenvalue weighted by Gasteiger charge is -2.14. The van der Waals surface area contributed by atoms with Crippen LogP contribution in [0, 0.1) is 18.8 Å². The number of carbonyl (C=O) groups is 1. The summed E-state index contributed by atoms with van der Waals surface area (Å²) in [5.74, 6) is 2.47. The third-order valence-electron chi connectivity index (χ3n) is 4.39. The Hall–Kier alpha value is -2.24. The number of hydrogen-bond acceptors (Lipinski definition) is 3. The maximum absolute atomic E-state index is 11.6. The first-order valence-corrected chi connectivity index (χ1v) is 10.0. The van der Waals surface area contributed by atoms with E-state index in [0.29, 0.717) is 19.6 Å². The highest BCUT2D eigenvalue weighted by molar-refractivity contribution is 5.80. The zero-order valence-electron chi connectivity index (χ0n) is 17.1. The van der Waals surface area contributed by atoms with Crippen molar-refractivity contribution in [2.75, 3.05) is 26.2 Å². The van der Waals surface area contributed by atoms with Gasteiger partial charge in [0, 0.05) is 31.1 Å². The van der Waals surface area contributed by atoms with Crippen molar-refractivity contribution in [3.05, 3.63) is 29.3 Å². The molecule has 27 heavy (non-hydrogen) atoms.